The molecule has 17 heavy (non-hydrogen) atoms. The van der Waals surface area contributed by atoms with E-state index in [0.717, 1.165) is 40.4 Å². The fourth-order valence-corrected chi connectivity index (χ4v) is 2.46. The normalized spacial score (nSPS) is 10.5. The minimum atomic E-state index is 0.790. The van der Waals surface area contributed by atoms with Crippen LogP contribution in [0.25, 0.3) is 11.3 Å². The Kier molecular flexibility index (Phi) is 4.57. The van der Waals surface area contributed by atoms with Crippen molar-refractivity contribution in [3.8, 4) is 17.0 Å². The van der Waals surface area contributed by atoms with E-state index in [4.69, 9.17) is 4.74 Å². The van der Waals surface area contributed by atoms with Gasteiger partial charge in [-0.3, -0.25) is 0 Å². The van der Waals surface area contributed by atoms with Crippen molar-refractivity contribution in [2.45, 2.75) is 19.8 Å². The van der Waals surface area contributed by atoms with Gasteiger partial charge in [-0.25, -0.2) is 4.98 Å². The molecule has 0 aliphatic rings. The molecule has 0 saturated carbocycles. The van der Waals surface area contributed by atoms with E-state index in [-0.39, 0.29) is 0 Å². The molecule has 1 heterocycles. The molecule has 0 fully saturated rings. The van der Waals surface area contributed by atoms with Crippen molar-refractivity contribution in [1.82, 2.24) is 4.98 Å². The highest BCUT2D eigenvalue weighted by molar-refractivity contribution is 9.11. The predicted octanol–water partition coefficient (Wildman–Crippen LogP) is 4.75. The van der Waals surface area contributed by atoms with E-state index in [9.17, 15) is 0 Å². The van der Waals surface area contributed by atoms with Gasteiger partial charge in [0, 0.05) is 10.9 Å². The Balaban J connectivity index is 2.02. The molecule has 0 amide bonds. The molecule has 0 aliphatic carbocycles. The van der Waals surface area contributed by atoms with Crippen molar-refractivity contribution in [3.05, 3.63) is 33.6 Å². The highest BCUT2D eigenvalue weighted by Gasteiger charge is 2.02. The molecule has 0 N–H and O–H groups in total. The minimum absolute atomic E-state index is 0.790. The second-order valence-electron chi connectivity index (χ2n) is 3.71. The molecular weight excluding hydrogens is 298 g/mol. The summed E-state index contributed by atoms with van der Waals surface area (Å²) >= 11 is 4.96. The predicted molar refractivity (Wildman–Crippen MR) is 75.7 cm³/mol. The molecule has 0 bridgehead atoms. The lowest BCUT2D eigenvalue weighted by Gasteiger charge is -2.05. The van der Waals surface area contributed by atoms with Crippen LogP contribution in [0.5, 0.6) is 5.75 Å². The van der Waals surface area contributed by atoms with Gasteiger partial charge in [-0.2, -0.15) is 0 Å². The summed E-state index contributed by atoms with van der Waals surface area (Å²) in [6, 6.07) is 8.09. The van der Waals surface area contributed by atoms with Crippen LogP contribution in [0.3, 0.4) is 0 Å². The van der Waals surface area contributed by atoms with Crippen LogP contribution in [0.2, 0.25) is 0 Å². The number of ether oxygens (including phenoxy) is 1. The van der Waals surface area contributed by atoms with Crippen LogP contribution in [0.4, 0.5) is 0 Å². The molecule has 1 aromatic heterocycles. The smallest absolute Gasteiger partial charge is 0.159 e. The molecule has 0 unspecified atom stereocenters. The molecule has 0 saturated heterocycles. The highest BCUT2D eigenvalue weighted by atomic mass is 79.9. The number of nitrogens with zero attached hydrogens (tertiary/aromatic N) is 1. The summed E-state index contributed by atoms with van der Waals surface area (Å²) < 4.78 is 6.53. The molecular formula is C13H14BrNOS. The number of halogens is 1. The zero-order valence-corrected chi connectivity index (χ0v) is 12.1. The third kappa shape index (κ3) is 3.54. The Morgan fingerprint density at radius 1 is 1.29 bits per heavy atom. The molecule has 90 valence electrons. The summed E-state index contributed by atoms with van der Waals surface area (Å²) in [6.45, 7) is 2.95. The van der Waals surface area contributed by atoms with Gasteiger partial charge in [-0.1, -0.05) is 13.3 Å². The Bertz CT molecular complexity index is 467. The first-order chi connectivity index (χ1) is 8.29. The van der Waals surface area contributed by atoms with E-state index >= 15 is 0 Å². The summed E-state index contributed by atoms with van der Waals surface area (Å²) in [5.41, 5.74) is 2.12. The van der Waals surface area contributed by atoms with Gasteiger partial charge in [-0.15, -0.1) is 11.3 Å². The molecule has 0 spiro atoms. The largest absolute Gasteiger partial charge is 0.494 e. The van der Waals surface area contributed by atoms with Crippen LogP contribution >= 0.6 is 27.3 Å². The number of aromatic nitrogens is 1. The van der Waals surface area contributed by atoms with Gasteiger partial charge in [0.05, 0.1) is 12.3 Å². The Hall–Kier alpha value is -0.870. The number of hydrogen-bond donors (Lipinski definition) is 0. The van der Waals surface area contributed by atoms with Crippen molar-refractivity contribution in [2.75, 3.05) is 6.61 Å². The Labute approximate surface area is 114 Å². The topological polar surface area (TPSA) is 22.1 Å². The van der Waals surface area contributed by atoms with Crippen LogP contribution in [0.15, 0.2) is 33.6 Å². The van der Waals surface area contributed by atoms with Crippen LogP contribution in [0.1, 0.15) is 19.8 Å². The summed E-state index contributed by atoms with van der Waals surface area (Å²) in [4.78, 5) is 4.38. The Morgan fingerprint density at radius 2 is 2.06 bits per heavy atom. The van der Waals surface area contributed by atoms with Crippen LogP contribution in [-0.2, 0) is 0 Å². The van der Waals surface area contributed by atoms with E-state index in [0.29, 0.717) is 0 Å². The number of rotatable bonds is 5. The number of benzene rings is 1. The lowest BCUT2D eigenvalue weighted by Crippen LogP contribution is -1.95. The van der Waals surface area contributed by atoms with Crippen molar-refractivity contribution >= 4 is 27.3 Å². The summed E-state index contributed by atoms with van der Waals surface area (Å²) in [5.74, 6) is 0.927. The maximum atomic E-state index is 5.62. The van der Waals surface area contributed by atoms with E-state index in [1.807, 2.05) is 29.6 Å². The van der Waals surface area contributed by atoms with Gasteiger partial charge in [0.2, 0.25) is 0 Å². The maximum Gasteiger partial charge on any atom is 0.159 e. The minimum Gasteiger partial charge on any atom is -0.494 e. The standard InChI is InChI=1S/C13H14BrNOS/c1-2-3-8-16-11-6-4-10(5-7-11)12-9-17-13(14)15-12/h4-7,9H,2-3,8H2,1H3. The summed E-state index contributed by atoms with van der Waals surface area (Å²) in [7, 11) is 0. The van der Waals surface area contributed by atoms with Gasteiger partial charge in [-0.05, 0) is 46.6 Å². The maximum absolute atomic E-state index is 5.62. The second-order valence-corrected chi connectivity index (χ2v) is 5.85. The lowest BCUT2D eigenvalue weighted by atomic mass is 10.2. The highest BCUT2D eigenvalue weighted by Crippen LogP contribution is 2.26. The van der Waals surface area contributed by atoms with E-state index in [1.54, 1.807) is 11.3 Å². The van der Waals surface area contributed by atoms with E-state index in [1.165, 1.54) is 0 Å². The lowest BCUT2D eigenvalue weighted by molar-refractivity contribution is 0.309. The molecule has 0 radical (unpaired) electrons. The molecule has 0 atom stereocenters. The van der Waals surface area contributed by atoms with Gasteiger partial charge in [0.15, 0.2) is 3.92 Å². The molecule has 1 aromatic carbocycles. The van der Waals surface area contributed by atoms with Crippen LogP contribution in [-0.4, -0.2) is 11.6 Å². The fourth-order valence-electron chi connectivity index (χ4n) is 1.44. The monoisotopic (exact) mass is 311 g/mol. The second kappa shape index (κ2) is 6.17. The van der Waals surface area contributed by atoms with E-state index < -0.39 is 0 Å². The zero-order chi connectivity index (χ0) is 12.1. The molecule has 2 aromatic rings. The zero-order valence-electron chi connectivity index (χ0n) is 9.65. The van der Waals surface area contributed by atoms with Crippen molar-refractivity contribution in [3.63, 3.8) is 0 Å². The van der Waals surface area contributed by atoms with Crippen LogP contribution in [0, 0.1) is 0 Å². The van der Waals surface area contributed by atoms with Gasteiger partial charge in [0.25, 0.3) is 0 Å². The number of hydrogen-bond acceptors (Lipinski definition) is 3. The van der Waals surface area contributed by atoms with Gasteiger partial charge >= 0.3 is 0 Å². The Morgan fingerprint density at radius 3 is 2.65 bits per heavy atom. The average Bonchev–Trinajstić information content (AvgIpc) is 2.77. The molecule has 0 aliphatic heterocycles. The first-order valence-corrected chi connectivity index (χ1v) is 7.31. The number of unbranched alkanes of at least 4 members (excludes halogenated alkanes) is 1. The SMILES string of the molecule is CCCCOc1ccc(-c2csc(Br)n2)cc1. The first-order valence-electron chi connectivity index (χ1n) is 5.64. The van der Waals surface area contributed by atoms with Crippen molar-refractivity contribution in [1.29, 1.82) is 0 Å². The summed E-state index contributed by atoms with van der Waals surface area (Å²) in [5, 5.41) is 2.04. The summed E-state index contributed by atoms with van der Waals surface area (Å²) in [6.07, 6.45) is 2.26. The van der Waals surface area contributed by atoms with Crippen molar-refractivity contribution in [2.24, 2.45) is 0 Å². The van der Waals surface area contributed by atoms with Crippen LogP contribution < -0.4 is 4.74 Å². The molecule has 4 heteroatoms. The van der Waals surface area contributed by atoms with Crippen molar-refractivity contribution < 1.29 is 4.74 Å². The third-order valence-corrected chi connectivity index (χ3v) is 3.76. The van der Waals surface area contributed by atoms with Gasteiger partial charge in [0.1, 0.15) is 5.75 Å². The first kappa shape index (κ1) is 12.6. The molecule has 2 nitrogen and oxygen atoms in total. The number of thiazole rings is 1. The molecule has 2 rings (SSSR count). The fraction of sp³-hybridized carbons (Fsp3) is 0.308. The average molecular weight is 312 g/mol. The van der Waals surface area contributed by atoms with E-state index in [2.05, 4.69) is 27.8 Å². The van der Waals surface area contributed by atoms with Gasteiger partial charge < -0.3 is 4.74 Å². The third-order valence-electron chi connectivity index (χ3n) is 2.39. The quantitative estimate of drug-likeness (QED) is 0.743.